The van der Waals surface area contributed by atoms with Gasteiger partial charge < -0.3 is 15.2 Å². The molecule has 2 rings (SSSR count). The zero-order valence-electron chi connectivity index (χ0n) is 12.6. The van der Waals surface area contributed by atoms with E-state index in [0.717, 1.165) is 0 Å². The van der Waals surface area contributed by atoms with Gasteiger partial charge in [0.25, 0.3) is 0 Å². The first-order valence-electron chi connectivity index (χ1n) is 7.23. The molecule has 1 unspecified atom stereocenters. The smallest absolute Gasteiger partial charge is 0.0898 e. The fourth-order valence-electron chi connectivity index (χ4n) is 2.12. The topological polar surface area (TPSA) is 41.5 Å². The molecule has 4 heteroatoms. The van der Waals surface area contributed by atoms with Gasteiger partial charge in [-0.2, -0.15) is 0 Å². The minimum Gasteiger partial charge on any atom is -0.389 e. The van der Waals surface area contributed by atoms with E-state index in [9.17, 15) is 5.11 Å². The number of nitrogens with one attached hydrogen (secondary N) is 1. The number of aliphatic hydroxyl groups excluding tert-OH is 1. The van der Waals surface area contributed by atoms with Crippen molar-refractivity contribution in [2.75, 3.05) is 13.2 Å². The zero-order valence-corrected chi connectivity index (χ0v) is 13.4. The van der Waals surface area contributed by atoms with Crippen LogP contribution in [0.1, 0.15) is 29.0 Å². The predicted octanol–water partition coefficient (Wildman–Crippen LogP) is 3.28. The molecule has 3 nitrogen and oxygen atoms in total. The lowest BCUT2D eigenvalue weighted by Gasteiger charge is -2.18. The summed E-state index contributed by atoms with van der Waals surface area (Å²) in [6, 6.07) is 12.7. The molecule has 2 N–H and O–H groups in total. The Morgan fingerprint density at radius 2 is 2.14 bits per heavy atom. The van der Waals surface area contributed by atoms with Crippen molar-refractivity contribution in [2.45, 2.75) is 32.6 Å². The van der Waals surface area contributed by atoms with Crippen molar-refractivity contribution in [2.24, 2.45) is 0 Å². The number of ether oxygens (including phenoxy) is 1. The molecular formula is C17H23NO2S. The first-order chi connectivity index (χ1) is 10.1. The summed E-state index contributed by atoms with van der Waals surface area (Å²) in [5, 5.41) is 15.3. The lowest BCUT2D eigenvalue weighted by atomic mass is 10.1. The molecule has 0 spiro atoms. The van der Waals surface area contributed by atoms with Crippen LogP contribution >= 0.6 is 11.3 Å². The molecular weight excluding hydrogens is 282 g/mol. The Kier molecular flexibility index (Phi) is 6.39. The first kappa shape index (κ1) is 16.2. The number of aryl methyl sites for hydroxylation is 1. The average molecular weight is 305 g/mol. The Morgan fingerprint density at radius 3 is 2.86 bits per heavy atom. The molecule has 0 saturated carbocycles. The fraction of sp³-hybridized carbons (Fsp3) is 0.412. The van der Waals surface area contributed by atoms with E-state index < -0.39 is 6.10 Å². The van der Waals surface area contributed by atoms with Crippen molar-refractivity contribution < 1.29 is 9.84 Å². The zero-order chi connectivity index (χ0) is 15.1. The van der Waals surface area contributed by atoms with E-state index in [1.54, 1.807) is 11.3 Å². The second-order valence-electron chi connectivity index (χ2n) is 5.29. The highest BCUT2D eigenvalue weighted by atomic mass is 32.1. The maximum Gasteiger partial charge on any atom is 0.0898 e. The van der Waals surface area contributed by atoms with Crippen LogP contribution in [0, 0.1) is 6.92 Å². The summed E-state index contributed by atoms with van der Waals surface area (Å²) in [7, 11) is 0. The van der Waals surface area contributed by atoms with E-state index in [1.165, 1.54) is 16.0 Å². The number of aliphatic hydroxyl groups is 1. The Balaban J connectivity index is 1.67. The standard InChI is InChI=1S/C17H23NO2S/c1-13-5-3-6-15(9-13)14(2)18-10-16(19)11-20-12-17-7-4-8-21-17/h3-9,14,16,18-19H,10-12H2,1-2H3/t14-,16?/m0/s1. The van der Waals surface area contributed by atoms with Gasteiger partial charge in [0.15, 0.2) is 0 Å². The highest BCUT2D eigenvalue weighted by molar-refractivity contribution is 7.09. The normalized spacial score (nSPS) is 14.0. The second-order valence-corrected chi connectivity index (χ2v) is 6.32. The Bertz CT molecular complexity index is 527. The van der Waals surface area contributed by atoms with Crippen molar-refractivity contribution in [1.29, 1.82) is 0 Å². The maximum atomic E-state index is 9.94. The molecule has 0 saturated heterocycles. The van der Waals surface area contributed by atoms with Crippen LogP contribution in [0.25, 0.3) is 0 Å². The molecule has 0 aliphatic carbocycles. The summed E-state index contributed by atoms with van der Waals surface area (Å²) in [6.07, 6.45) is -0.489. The van der Waals surface area contributed by atoms with Gasteiger partial charge in [0.2, 0.25) is 0 Å². The molecule has 1 aromatic carbocycles. The van der Waals surface area contributed by atoms with E-state index in [2.05, 4.69) is 43.4 Å². The van der Waals surface area contributed by atoms with Crippen molar-refractivity contribution in [1.82, 2.24) is 5.32 Å². The third kappa shape index (κ3) is 5.59. The SMILES string of the molecule is Cc1cccc([C@H](C)NCC(O)COCc2cccs2)c1. The van der Waals surface area contributed by atoms with Crippen LogP contribution in [0.4, 0.5) is 0 Å². The van der Waals surface area contributed by atoms with Crippen molar-refractivity contribution in [3.05, 3.63) is 57.8 Å². The lowest BCUT2D eigenvalue weighted by molar-refractivity contribution is 0.0288. The van der Waals surface area contributed by atoms with Gasteiger partial charge in [0.05, 0.1) is 19.3 Å². The minimum absolute atomic E-state index is 0.219. The van der Waals surface area contributed by atoms with Gasteiger partial charge in [0, 0.05) is 17.5 Å². The van der Waals surface area contributed by atoms with E-state index in [0.29, 0.717) is 19.8 Å². The van der Waals surface area contributed by atoms with E-state index in [4.69, 9.17) is 4.74 Å². The van der Waals surface area contributed by atoms with E-state index >= 15 is 0 Å². The van der Waals surface area contributed by atoms with Crippen LogP contribution in [0.2, 0.25) is 0 Å². The molecule has 0 amide bonds. The second kappa shape index (κ2) is 8.29. The summed E-state index contributed by atoms with van der Waals surface area (Å²) in [5.41, 5.74) is 2.49. The van der Waals surface area contributed by atoms with Gasteiger partial charge in [-0.05, 0) is 30.9 Å². The van der Waals surface area contributed by atoms with Crippen LogP contribution in [-0.4, -0.2) is 24.4 Å². The van der Waals surface area contributed by atoms with E-state index in [1.807, 2.05) is 17.5 Å². The maximum absolute atomic E-state index is 9.94. The highest BCUT2D eigenvalue weighted by Crippen LogP contribution is 2.13. The van der Waals surface area contributed by atoms with E-state index in [-0.39, 0.29) is 6.04 Å². The Labute approximate surface area is 130 Å². The minimum atomic E-state index is -0.489. The average Bonchev–Trinajstić information content (AvgIpc) is 2.98. The number of thiophene rings is 1. The van der Waals surface area contributed by atoms with Gasteiger partial charge in [-0.15, -0.1) is 11.3 Å². The molecule has 0 radical (unpaired) electrons. The largest absolute Gasteiger partial charge is 0.389 e. The van der Waals surface area contributed by atoms with Gasteiger partial charge in [-0.3, -0.25) is 0 Å². The molecule has 0 fully saturated rings. The summed E-state index contributed by atoms with van der Waals surface area (Å²) in [4.78, 5) is 1.18. The molecule has 114 valence electrons. The number of hydrogen-bond acceptors (Lipinski definition) is 4. The van der Waals surface area contributed by atoms with Crippen LogP contribution < -0.4 is 5.32 Å². The van der Waals surface area contributed by atoms with Gasteiger partial charge >= 0.3 is 0 Å². The monoisotopic (exact) mass is 305 g/mol. The third-order valence-electron chi connectivity index (χ3n) is 3.34. The summed E-state index contributed by atoms with van der Waals surface area (Å²) < 4.78 is 5.52. The fourth-order valence-corrected chi connectivity index (χ4v) is 2.76. The quantitative estimate of drug-likeness (QED) is 0.786. The molecule has 2 aromatic rings. The van der Waals surface area contributed by atoms with Gasteiger partial charge in [0.1, 0.15) is 0 Å². The molecule has 1 aromatic heterocycles. The van der Waals surface area contributed by atoms with Crippen LogP contribution in [0.15, 0.2) is 41.8 Å². The molecule has 0 bridgehead atoms. The first-order valence-corrected chi connectivity index (χ1v) is 8.11. The van der Waals surface area contributed by atoms with Crippen LogP contribution in [0.3, 0.4) is 0 Å². The molecule has 21 heavy (non-hydrogen) atoms. The lowest BCUT2D eigenvalue weighted by Crippen LogP contribution is -2.32. The van der Waals surface area contributed by atoms with Crippen molar-refractivity contribution >= 4 is 11.3 Å². The van der Waals surface area contributed by atoms with Crippen LogP contribution in [0.5, 0.6) is 0 Å². The van der Waals surface area contributed by atoms with Crippen LogP contribution in [-0.2, 0) is 11.3 Å². The van der Waals surface area contributed by atoms with Crippen molar-refractivity contribution in [3.63, 3.8) is 0 Å². The summed E-state index contributed by atoms with van der Waals surface area (Å²) >= 11 is 1.67. The number of hydrogen-bond donors (Lipinski definition) is 2. The molecule has 1 heterocycles. The number of rotatable bonds is 8. The summed E-state index contributed by atoms with van der Waals surface area (Å²) in [5.74, 6) is 0. The number of benzene rings is 1. The van der Waals surface area contributed by atoms with Gasteiger partial charge in [-0.25, -0.2) is 0 Å². The molecule has 0 aliphatic rings. The molecule has 2 atom stereocenters. The van der Waals surface area contributed by atoms with Gasteiger partial charge in [-0.1, -0.05) is 35.9 Å². The predicted molar refractivity (Wildman–Crippen MR) is 87.6 cm³/mol. The highest BCUT2D eigenvalue weighted by Gasteiger charge is 2.09. The Morgan fingerprint density at radius 1 is 1.29 bits per heavy atom. The Hall–Kier alpha value is -1.20. The molecule has 0 aliphatic heterocycles. The van der Waals surface area contributed by atoms with Crippen molar-refractivity contribution in [3.8, 4) is 0 Å². The third-order valence-corrected chi connectivity index (χ3v) is 4.19. The summed E-state index contributed by atoms with van der Waals surface area (Å²) in [6.45, 7) is 5.64.